The number of hydrogen-bond donors (Lipinski definition) is 0. The van der Waals surface area contributed by atoms with Gasteiger partial charge in [0.2, 0.25) is 0 Å². The van der Waals surface area contributed by atoms with Crippen LogP contribution >= 0.6 is 0 Å². The molecular weight excluding hydrogens is 1110 g/mol. The standard InChI is InChI=1S/C90H76N2/c1-5-25-63-29-23-30-64(26-6-2)87(63)91(71-53-49-69(50-54-71)89(67-33-11-9-12-34-67)79-41-19-15-37-73(79)74-38-16-20-42-80(74)89)83-59-47-61-46-58-78-84(60-48-62-45-57-77(83)85(61)86(62)78)92(88-65(27-7-3)31-24-32-66(88)28-8-4)72-55-51-70(52-56-72)90(68-35-13-10-14-36-68)81-43-21-17-39-75(81)76-40-18-22-44-82(76)90/h9-24,29-60H,5-8,25-28H2,1-4H3. The average molecular weight is 1190 g/mol. The van der Waals surface area contributed by atoms with Gasteiger partial charge in [-0.05, 0) is 173 Å². The molecule has 2 aliphatic carbocycles. The molecule has 0 radical (unpaired) electrons. The molecule has 16 rings (SSSR count). The number of nitrogens with zero attached hydrogens (tertiary/aromatic N) is 2. The molecule has 0 saturated heterocycles. The third kappa shape index (κ3) is 8.74. The van der Waals surface area contributed by atoms with Gasteiger partial charge in [-0.15, -0.1) is 0 Å². The van der Waals surface area contributed by atoms with Gasteiger partial charge in [0.15, 0.2) is 0 Å². The summed E-state index contributed by atoms with van der Waals surface area (Å²) in [7, 11) is 0. The second kappa shape index (κ2) is 23.5. The number of fused-ring (bicyclic) bond motifs is 6. The lowest BCUT2D eigenvalue weighted by molar-refractivity contribution is 0.768. The van der Waals surface area contributed by atoms with Gasteiger partial charge in [0.1, 0.15) is 0 Å². The molecular formula is C90H76N2. The van der Waals surface area contributed by atoms with Gasteiger partial charge < -0.3 is 9.80 Å². The Labute approximate surface area is 543 Å². The predicted molar refractivity (Wildman–Crippen MR) is 390 cm³/mol. The lowest BCUT2D eigenvalue weighted by Crippen LogP contribution is -2.28. The minimum Gasteiger partial charge on any atom is -0.309 e. The van der Waals surface area contributed by atoms with E-state index in [2.05, 4.69) is 329 Å². The molecule has 0 saturated carbocycles. The van der Waals surface area contributed by atoms with E-state index in [0.29, 0.717) is 0 Å². The lowest BCUT2D eigenvalue weighted by Gasteiger charge is -2.35. The van der Waals surface area contributed by atoms with E-state index < -0.39 is 10.8 Å². The highest BCUT2D eigenvalue weighted by Gasteiger charge is 2.47. The number of para-hydroxylation sites is 2. The van der Waals surface area contributed by atoms with Crippen LogP contribution in [-0.2, 0) is 36.5 Å². The summed E-state index contributed by atoms with van der Waals surface area (Å²) in [5.41, 5.74) is 27.4. The first kappa shape index (κ1) is 56.9. The molecule has 0 aromatic heterocycles. The molecule has 0 N–H and O–H groups in total. The van der Waals surface area contributed by atoms with Crippen LogP contribution in [0.5, 0.6) is 0 Å². The van der Waals surface area contributed by atoms with Gasteiger partial charge >= 0.3 is 0 Å². The minimum atomic E-state index is -0.501. The van der Waals surface area contributed by atoms with Crippen molar-refractivity contribution in [3.05, 3.63) is 358 Å². The molecule has 0 spiro atoms. The van der Waals surface area contributed by atoms with Crippen LogP contribution in [0.15, 0.2) is 291 Å². The van der Waals surface area contributed by atoms with Crippen molar-refractivity contribution in [3.63, 3.8) is 0 Å². The van der Waals surface area contributed by atoms with Crippen molar-refractivity contribution in [2.75, 3.05) is 9.80 Å². The zero-order chi connectivity index (χ0) is 61.9. The molecule has 0 amide bonds. The zero-order valence-corrected chi connectivity index (χ0v) is 53.3. The van der Waals surface area contributed by atoms with Gasteiger partial charge in [0, 0.05) is 22.1 Å². The van der Waals surface area contributed by atoms with Crippen LogP contribution in [0.1, 0.15) is 120 Å². The number of benzene rings is 14. The maximum atomic E-state index is 2.65. The van der Waals surface area contributed by atoms with E-state index >= 15 is 0 Å². The highest BCUT2D eigenvalue weighted by Crippen LogP contribution is 2.59. The lowest BCUT2D eigenvalue weighted by atomic mass is 9.67. The maximum Gasteiger partial charge on any atom is 0.0713 e. The molecule has 0 atom stereocenters. The minimum absolute atomic E-state index is 0.501. The Balaban J connectivity index is 0.911. The summed E-state index contributed by atoms with van der Waals surface area (Å²) >= 11 is 0. The Morgan fingerprint density at radius 1 is 0.250 bits per heavy atom. The van der Waals surface area contributed by atoms with E-state index in [1.165, 1.54) is 144 Å². The molecule has 0 aliphatic heterocycles. The molecule has 92 heavy (non-hydrogen) atoms. The fourth-order valence-corrected chi connectivity index (χ4v) is 16.8. The number of rotatable bonds is 18. The molecule has 0 bridgehead atoms. The quantitative estimate of drug-likeness (QED) is 0.0790. The monoisotopic (exact) mass is 1180 g/mol. The molecule has 446 valence electrons. The largest absolute Gasteiger partial charge is 0.309 e. The molecule has 2 heteroatoms. The Kier molecular flexibility index (Phi) is 14.5. The van der Waals surface area contributed by atoms with Crippen molar-refractivity contribution < 1.29 is 0 Å². The van der Waals surface area contributed by atoms with E-state index in [0.717, 1.165) is 62.7 Å². The fourth-order valence-electron chi connectivity index (χ4n) is 16.8. The van der Waals surface area contributed by atoms with Crippen LogP contribution < -0.4 is 9.80 Å². The van der Waals surface area contributed by atoms with Crippen LogP contribution in [0, 0.1) is 0 Å². The van der Waals surface area contributed by atoms with E-state index in [9.17, 15) is 0 Å². The predicted octanol–water partition coefficient (Wildman–Crippen LogP) is 24.1. The van der Waals surface area contributed by atoms with Crippen LogP contribution in [0.3, 0.4) is 0 Å². The smallest absolute Gasteiger partial charge is 0.0713 e. The Bertz CT molecular complexity index is 4580. The normalized spacial score (nSPS) is 13.3. The summed E-state index contributed by atoms with van der Waals surface area (Å²) in [6.07, 6.45) is 8.10. The van der Waals surface area contributed by atoms with Gasteiger partial charge in [0.25, 0.3) is 0 Å². The average Bonchev–Trinajstić information content (AvgIpc) is 1.40. The van der Waals surface area contributed by atoms with Crippen LogP contribution in [-0.4, -0.2) is 0 Å². The SMILES string of the molecule is CCCc1cccc(CCC)c1N(c1ccc(C2(c3ccccc3)c3ccccc3-c3ccccc32)cc1)c1ccc2ccc3c(N(c4ccc(C5(c6ccccc6)c6ccccc6-c6ccccc65)cc4)c4c(CCC)cccc4CCC)ccc4ccc1c2c43. The molecule has 2 nitrogen and oxygen atoms in total. The highest BCUT2D eigenvalue weighted by molar-refractivity contribution is 6.28. The van der Waals surface area contributed by atoms with Crippen LogP contribution in [0.4, 0.5) is 34.1 Å². The third-order valence-electron chi connectivity index (χ3n) is 20.5. The molecule has 2 aliphatic rings. The van der Waals surface area contributed by atoms with Gasteiger partial charge in [-0.2, -0.15) is 0 Å². The first-order chi connectivity index (χ1) is 45.5. The molecule has 0 fully saturated rings. The zero-order valence-electron chi connectivity index (χ0n) is 53.3. The number of aryl methyl sites for hydroxylation is 4. The van der Waals surface area contributed by atoms with E-state index in [-0.39, 0.29) is 0 Å². The van der Waals surface area contributed by atoms with E-state index in [1.54, 1.807) is 0 Å². The fraction of sp³-hybridized carbons (Fsp3) is 0.156. The number of hydrogen-bond acceptors (Lipinski definition) is 2. The van der Waals surface area contributed by atoms with Crippen molar-refractivity contribution in [3.8, 4) is 22.3 Å². The summed E-state index contributed by atoms with van der Waals surface area (Å²) in [5.74, 6) is 0. The first-order valence-electron chi connectivity index (χ1n) is 33.7. The van der Waals surface area contributed by atoms with Crippen LogP contribution in [0.2, 0.25) is 0 Å². The second-order valence-corrected chi connectivity index (χ2v) is 25.6. The third-order valence-corrected chi connectivity index (χ3v) is 20.5. The van der Waals surface area contributed by atoms with Crippen LogP contribution in [0.25, 0.3) is 54.6 Å². The van der Waals surface area contributed by atoms with Gasteiger partial charge in [-0.1, -0.05) is 308 Å². The summed E-state index contributed by atoms with van der Waals surface area (Å²) < 4.78 is 0. The van der Waals surface area contributed by atoms with Crippen molar-refractivity contribution in [2.24, 2.45) is 0 Å². The van der Waals surface area contributed by atoms with E-state index in [1.807, 2.05) is 0 Å². The van der Waals surface area contributed by atoms with Crippen molar-refractivity contribution in [2.45, 2.75) is 89.9 Å². The van der Waals surface area contributed by atoms with E-state index in [4.69, 9.17) is 0 Å². The van der Waals surface area contributed by atoms with Gasteiger partial charge in [0.05, 0.1) is 33.6 Å². The summed E-state index contributed by atoms with van der Waals surface area (Å²) in [5, 5.41) is 7.56. The number of anilines is 6. The van der Waals surface area contributed by atoms with Crippen molar-refractivity contribution in [1.29, 1.82) is 0 Å². The highest BCUT2D eigenvalue weighted by atomic mass is 15.2. The summed E-state index contributed by atoms with van der Waals surface area (Å²) in [4.78, 5) is 5.29. The molecule has 0 unspecified atom stereocenters. The summed E-state index contributed by atoms with van der Waals surface area (Å²) in [6, 6.07) is 112. The second-order valence-electron chi connectivity index (χ2n) is 25.6. The topological polar surface area (TPSA) is 6.48 Å². The Morgan fingerprint density at radius 2 is 0.533 bits per heavy atom. The summed E-state index contributed by atoms with van der Waals surface area (Å²) in [6.45, 7) is 9.29. The Morgan fingerprint density at radius 3 is 0.848 bits per heavy atom. The van der Waals surface area contributed by atoms with Gasteiger partial charge in [-0.3, -0.25) is 0 Å². The molecule has 0 heterocycles. The van der Waals surface area contributed by atoms with Crippen molar-refractivity contribution >= 4 is 66.4 Å². The Hall–Kier alpha value is -10.3. The van der Waals surface area contributed by atoms with Gasteiger partial charge in [-0.25, -0.2) is 0 Å². The first-order valence-corrected chi connectivity index (χ1v) is 33.7. The maximum absolute atomic E-state index is 2.65. The molecule has 14 aromatic carbocycles. The molecule has 14 aromatic rings. The van der Waals surface area contributed by atoms with Crippen molar-refractivity contribution in [1.82, 2.24) is 0 Å².